The maximum Gasteiger partial charge on any atom is 0.246 e. The molecule has 0 spiro atoms. The number of carbonyl (C=O) groups excluding carboxylic acids is 3. The fourth-order valence-corrected chi connectivity index (χ4v) is 4.92. The van der Waals surface area contributed by atoms with Gasteiger partial charge in [0, 0.05) is 12.1 Å². The molecule has 2 N–H and O–H groups in total. The van der Waals surface area contributed by atoms with Crippen molar-refractivity contribution in [3.63, 3.8) is 0 Å². The van der Waals surface area contributed by atoms with Gasteiger partial charge in [0.2, 0.25) is 5.91 Å². The van der Waals surface area contributed by atoms with Gasteiger partial charge in [-0.2, -0.15) is 0 Å². The molecule has 3 rings (SSSR count). The normalized spacial score (nSPS) is 16.3. The molecule has 1 heterocycles. The third kappa shape index (κ3) is 4.88. The van der Waals surface area contributed by atoms with Crippen molar-refractivity contribution in [2.24, 2.45) is 0 Å². The molecule has 1 aliphatic rings. The van der Waals surface area contributed by atoms with Crippen LogP contribution in [0.4, 0.5) is 0 Å². The Balaban J connectivity index is 1.76. The Labute approximate surface area is 182 Å². The maximum atomic E-state index is 13.2. The van der Waals surface area contributed by atoms with Crippen LogP contribution in [0.1, 0.15) is 50.3 Å². The zero-order valence-electron chi connectivity index (χ0n) is 17.0. The SMILES string of the molecule is COc1ccc(C(=O)N2CCCC[C@@H](COc3cccc(O)c3C=O)[Si]2)c(C=O)c1O. The molecule has 1 amide bonds. The largest absolute Gasteiger partial charge is 0.507 e. The first-order valence-electron chi connectivity index (χ1n) is 9.83. The highest BCUT2D eigenvalue weighted by Gasteiger charge is 2.28. The maximum absolute atomic E-state index is 13.2. The molecule has 31 heavy (non-hydrogen) atoms. The standard InChI is InChI=1S/C22H23NO7Si/c1-29-20-9-8-15(16(11-24)21(20)27)22(28)23-10-3-2-5-14(31-23)13-30-19-7-4-6-18(26)17(19)12-25/h4,6-9,11-12,14,26-27H,2-3,5,10,13H2,1H3/t14-/m0/s1. The molecular weight excluding hydrogens is 418 g/mol. The highest BCUT2D eigenvalue weighted by Crippen LogP contribution is 2.33. The highest BCUT2D eigenvalue weighted by molar-refractivity contribution is 6.40. The van der Waals surface area contributed by atoms with Crippen molar-refractivity contribution in [2.45, 2.75) is 24.8 Å². The predicted octanol–water partition coefficient (Wildman–Crippen LogP) is 2.84. The molecule has 2 aromatic carbocycles. The predicted molar refractivity (Wildman–Crippen MR) is 113 cm³/mol. The lowest BCUT2D eigenvalue weighted by atomic mass is 10.1. The van der Waals surface area contributed by atoms with Crippen molar-refractivity contribution in [2.75, 3.05) is 20.3 Å². The van der Waals surface area contributed by atoms with E-state index in [-0.39, 0.29) is 61.7 Å². The summed E-state index contributed by atoms with van der Waals surface area (Å²) in [5.41, 5.74) is 0.150. The summed E-state index contributed by atoms with van der Waals surface area (Å²) in [6, 6.07) is 7.57. The van der Waals surface area contributed by atoms with Crippen molar-refractivity contribution in [3.05, 3.63) is 47.0 Å². The molecule has 1 aliphatic heterocycles. The first-order chi connectivity index (χ1) is 15.0. The first-order valence-corrected chi connectivity index (χ1v) is 10.9. The number of phenols is 2. The van der Waals surface area contributed by atoms with Crippen LogP contribution < -0.4 is 9.47 Å². The first kappa shape index (κ1) is 22.4. The number of methoxy groups -OCH3 is 1. The zero-order chi connectivity index (χ0) is 22.4. The van der Waals surface area contributed by atoms with E-state index in [1.165, 1.54) is 25.3 Å². The number of carbonyl (C=O) groups is 3. The number of amides is 1. The molecule has 1 fully saturated rings. The average Bonchev–Trinajstić information content (AvgIpc) is 3.02. The van der Waals surface area contributed by atoms with Crippen LogP contribution in [0.15, 0.2) is 30.3 Å². The summed E-state index contributed by atoms with van der Waals surface area (Å²) >= 11 is 0. The van der Waals surface area contributed by atoms with Gasteiger partial charge >= 0.3 is 0 Å². The number of benzene rings is 2. The van der Waals surface area contributed by atoms with E-state index in [4.69, 9.17) is 9.47 Å². The van der Waals surface area contributed by atoms with Gasteiger partial charge < -0.3 is 24.3 Å². The fourth-order valence-electron chi connectivity index (χ4n) is 3.46. The molecule has 162 valence electrons. The number of nitrogens with zero attached hydrogens (tertiary/aromatic N) is 1. The van der Waals surface area contributed by atoms with Crippen molar-refractivity contribution < 1.29 is 34.1 Å². The van der Waals surface area contributed by atoms with E-state index in [9.17, 15) is 24.6 Å². The molecule has 1 saturated heterocycles. The van der Waals surface area contributed by atoms with Gasteiger partial charge in [0.25, 0.3) is 0 Å². The van der Waals surface area contributed by atoms with Gasteiger partial charge in [-0.3, -0.25) is 14.4 Å². The second-order valence-electron chi connectivity index (χ2n) is 7.09. The Hall–Kier alpha value is -3.33. The molecule has 0 saturated carbocycles. The summed E-state index contributed by atoms with van der Waals surface area (Å²) in [4.78, 5) is 35.9. The minimum atomic E-state index is -0.355. The topological polar surface area (TPSA) is 113 Å². The number of hydrogen-bond donors (Lipinski definition) is 2. The van der Waals surface area contributed by atoms with Crippen LogP contribution in [-0.4, -0.2) is 63.2 Å². The van der Waals surface area contributed by atoms with Crippen molar-refractivity contribution in [3.8, 4) is 23.0 Å². The Bertz CT molecular complexity index is 979. The van der Waals surface area contributed by atoms with E-state index >= 15 is 0 Å². The molecular formula is C22H23NO7Si. The molecule has 0 bridgehead atoms. The van der Waals surface area contributed by atoms with Gasteiger partial charge in [-0.1, -0.05) is 12.5 Å². The van der Waals surface area contributed by atoms with E-state index in [2.05, 4.69) is 0 Å². The second-order valence-corrected chi connectivity index (χ2v) is 8.71. The van der Waals surface area contributed by atoms with Crippen LogP contribution in [0.5, 0.6) is 23.0 Å². The summed E-state index contributed by atoms with van der Waals surface area (Å²) in [6.45, 7) is 0.811. The Morgan fingerprint density at radius 2 is 1.90 bits per heavy atom. The van der Waals surface area contributed by atoms with Gasteiger partial charge in [0.1, 0.15) is 11.5 Å². The van der Waals surface area contributed by atoms with Gasteiger partial charge in [-0.25, -0.2) is 0 Å². The highest BCUT2D eigenvalue weighted by atomic mass is 28.2. The van der Waals surface area contributed by atoms with Crippen molar-refractivity contribution in [1.82, 2.24) is 4.57 Å². The third-order valence-electron chi connectivity index (χ3n) is 5.12. The molecule has 1 atom stereocenters. The van der Waals surface area contributed by atoms with Gasteiger partial charge in [0.05, 0.1) is 30.4 Å². The molecule has 0 unspecified atom stereocenters. The zero-order valence-corrected chi connectivity index (χ0v) is 18.0. The number of aldehydes is 2. The molecule has 0 aliphatic carbocycles. The third-order valence-corrected chi connectivity index (χ3v) is 6.68. The van der Waals surface area contributed by atoms with Crippen molar-refractivity contribution in [1.29, 1.82) is 0 Å². The quantitative estimate of drug-likeness (QED) is 0.502. The number of aromatic hydroxyl groups is 2. The Morgan fingerprint density at radius 1 is 1.13 bits per heavy atom. The minimum Gasteiger partial charge on any atom is -0.507 e. The summed E-state index contributed by atoms with van der Waals surface area (Å²) in [6.07, 6.45) is 3.55. The number of rotatable bonds is 7. The van der Waals surface area contributed by atoms with E-state index in [0.29, 0.717) is 24.9 Å². The smallest absolute Gasteiger partial charge is 0.246 e. The molecule has 0 aromatic heterocycles. The summed E-state index contributed by atoms with van der Waals surface area (Å²) in [5, 5.41) is 20.0. The molecule has 2 radical (unpaired) electrons. The summed E-state index contributed by atoms with van der Waals surface area (Å²) in [5.74, 6) is -0.415. The lowest BCUT2D eigenvalue weighted by Gasteiger charge is -2.24. The Morgan fingerprint density at radius 3 is 2.61 bits per heavy atom. The number of phenolic OH excluding ortho intramolecular Hbond substituents is 2. The number of ether oxygens (including phenoxy) is 2. The van der Waals surface area contributed by atoms with Crippen LogP contribution >= 0.6 is 0 Å². The van der Waals surface area contributed by atoms with Gasteiger partial charge in [0.15, 0.2) is 33.8 Å². The summed E-state index contributed by atoms with van der Waals surface area (Å²) in [7, 11) is 1.47. The van der Waals surface area contributed by atoms with E-state index in [1.807, 2.05) is 0 Å². The Kier molecular flexibility index (Phi) is 7.30. The lowest BCUT2D eigenvalue weighted by Crippen LogP contribution is -2.37. The number of hydrogen-bond acceptors (Lipinski definition) is 7. The van der Waals surface area contributed by atoms with Crippen molar-refractivity contribution >= 4 is 28.2 Å². The monoisotopic (exact) mass is 441 g/mol. The van der Waals surface area contributed by atoms with Crippen LogP contribution in [0.2, 0.25) is 5.54 Å². The van der Waals surface area contributed by atoms with Crippen LogP contribution in [-0.2, 0) is 0 Å². The fraction of sp³-hybridized carbons (Fsp3) is 0.318. The van der Waals surface area contributed by atoms with Gasteiger partial charge in [-0.15, -0.1) is 0 Å². The van der Waals surface area contributed by atoms with Crippen LogP contribution in [0.25, 0.3) is 0 Å². The second kappa shape index (κ2) is 10.1. The van der Waals surface area contributed by atoms with E-state index in [1.54, 1.807) is 16.7 Å². The van der Waals surface area contributed by atoms with Gasteiger partial charge in [-0.05, 0) is 37.1 Å². The molecule has 9 heteroatoms. The van der Waals surface area contributed by atoms with E-state index < -0.39 is 0 Å². The minimum absolute atomic E-state index is 0.0276. The molecule has 8 nitrogen and oxygen atoms in total. The lowest BCUT2D eigenvalue weighted by molar-refractivity contribution is 0.0853. The van der Waals surface area contributed by atoms with Crippen LogP contribution in [0.3, 0.4) is 0 Å². The average molecular weight is 442 g/mol. The summed E-state index contributed by atoms with van der Waals surface area (Å²) < 4.78 is 12.5. The van der Waals surface area contributed by atoms with Crippen LogP contribution in [0, 0.1) is 0 Å². The van der Waals surface area contributed by atoms with E-state index in [0.717, 1.165) is 19.3 Å². The molecule has 2 aromatic rings.